The van der Waals surface area contributed by atoms with Crippen LogP contribution in [0, 0.1) is 5.92 Å². The van der Waals surface area contributed by atoms with Crippen LogP contribution in [0.4, 0.5) is 5.69 Å². The van der Waals surface area contributed by atoms with Gasteiger partial charge in [-0.15, -0.1) is 0 Å². The largest absolute Gasteiger partial charge is 0.335 e. The van der Waals surface area contributed by atoms with Crippen molar-refractivity contribution in [2.75, 3.05) is 17.6 Å². The highest BCUT2D eigenvalue weighted by Crippen LogP contribution is 2.23. The van der Waals surface area contributed by atoms with E-state index in [1.165, 1.54) is 16.8 Å². The number of rotatable bonds is 3. The van der Waals surface area contributed by atoms with Crippen LogP contribution in [-0.2, 0) is 6.42 Å². The molecule has 0 spiro atoms. The number of anilines is 1. The number of hydrogen-bond donors (Lipinski definition) is 1. The Kier molecular flexibility index (Phi) is 4.61. The van der Waals surface area contributed by atoms with Gasteiger partial charge in [0.05, 0.1) is 0 Å². The number of para-hydroxylation sites is 1. The molecule has 1 aliphatic heterocycles. The summed E-state index contributed by atoms with van der Waals surface area (Å²) >= 11 is 1.82. The molecule has 21 heavy (non-hydrogen) atoms. The van der Waals surface area contributed by atoms with E-state index in [0.717, 1.165) is 23.9 Å². The molecule has 1 atom stereocenters. The molecule has 3 heteroatoms. The van der Waals surface area contributed by atoms with Crippen LogP contribution in [0.1, 0.15) is 18.1 Å². The van der Waals surface area contributed by atoms with Crippen molar-refractivity contribution in [2.45, 2.75) is 13.3 Å². The van der Waals surface area contributed by atoms with Crippen molar-refractivity contribution in [2.24, 2.45) is 10.9 Å². The average Bonchev–Trinajstić information content (AvgIpc) is 2.52. The predicted molar refractivity (Wildman–Crippen MR) is 93.2 cm³/mol. The molecule has 1 heterocycles. The lowest BCUT2D eigenvalue weighted by atomic mass is 10.0. The van der Waals surface area contributed by atoms with Gasteiger partial charge in [0.1, 0.15) is 0 Å². The topological polar surface area (TPSA) is 24.4 Å². The van der Waals surface area contributed by atoms with Crippen molar-refractivity contribution in [3.05, 3.63) is 65.7 Å². The second-order valence-corrected chi connectivity index (χ2v) is 6.52. The van der Waals surface area contributed by atoms with Crippen molar-refractivity contribution < 1.29 is 0 Å². The Labute approximate surface area is 130 Å². The summed E-state index contributed by atoms with van der Waals surface area (Å²) in [6.45, 7) is 3.17. The van der Waals surface area contributed by atoms with Gasteiger partial charge in [-0.3, -0.25) is 4.99 Å². The van der Waals surface area contributed by atoms with E-state index in [0.29, 0.717) is 5.92 Å². The molecule has 2 aromatic carbocycles. The third-order valence-corrected chi connectivity index (χ3v) is 4.79. The molecule has 1 N–H and O–H groups in total. The molecule has 0 amide bonds. The summed E-state index contributed by atoms with van der Waals surface area (Å²) in [6, 6.07) is 19.1. The Bertz CT molecular complexity index is 622. The highest BCUT2D eigenvalue weighted by atomic mass is 32.2. The molecular formula is C18H20N2S. The quantitative estimate of drug-likeness (QED) is 0.906. The minimum Gasteiger partial charge on any atom is -0.335 e. The van der Waals surface area contributed by atoms with Crippen LogP contribution < -0.4 is 5.32 Å². The van der Waals surface area contributed by atoms with E-state index >= 15 is 0 Å². The van der Waals surface area contributed by atoms with Crippen molar-refractivity contribution in [3.8, 4) is 0 Å². The van der Waals surface area contributed by atoms with E-state index in [1.807, 2.05) is 11.8 Å². The Balaban J connectivity index is 1.77. The first kappa shape index (κ1) is 14.2. The molecule has 0 saturated carbocycles. The van der Waals surface area contributed by atoms with Crippen LogP contribution in [-0.4, -0.2) is 17.5 Å². The average molecular weight is 296 g/mol. The maximum Gasteiger partial charge on any atom is 0.161 e. The molecule has 2 aromatic rings. The Morgan fingerprint density at radius 1 is 1.10 bits per heavy atom. The van der Waals surface area contributed by atoms with E-state index in [-0.39, 0.29) is 0 Å². The Hall–Kier alpha value is -1.74. The molecule has 0 aliphatic carbocycles. The molecule has 0 fully saturated rings. The van der Waals surface area contributed by atoms with Crippen LogP contribution in [0.25, 0.3) is 0 Å². The van der Waals surface area contributed by atoms with E-state index in [9.17, 15) is 0 Å². The lowest BCUT2D eigenvalue weighted by Gasteiger charge is -2.19. The highest BCUT2D eigenvalue weighted by molar-refractivity contribution is 8.14. The summed E-state index contributed by atoms with van der Waals surface area (Å²) in [5.74, 6) is 1.83. The first-order chi connectivity index (χ1) is 10.3. The van der Waals surface area contributed by atoms with Crippen molar-refractivity contribution in [3.63, 3.8) is 0 Å². The minimum absolute atomic E-state index is 0.681. The number of nitrogens with one attached hydrogen (secondary N) is 1. The molecule has 0 bridgehead atoms. The van der Waals surface area contributed by atoms with Crippen molar-refractivity contribution >= 4 is 22.6 Å². The van der Waals surface area contributed by atoms with E-state index in [4.69, 9.17) is 0 Å². The first-order valence-electron chi connectivity index (χ1n) is 7.37. The van der Waals surface area contributed by atoms with Crippen molar-refractivity contribution in [1.29, 1.82) is 0 Å². The number of hydrogen-bond acceptors (Lipinski definition) is 3. The summed E-state index contributed by atoms with van der Waals surface area (Å²) < 4.78 is 0. The zero-order valence-corrected chi connectivity index (χ0v) is 13.1. The highest BCUT2D eigenvalue weighted by Gasteiger charge is 2.13. The van der Waals surface area contributed by atoms with Crippen LogP contribution >= 0.6 is 11.8 Å². The van der Waals surface area contributed by atoms with Gasteiger partial charge in [-0.25, -0.2) is 0 Å². The van der Waals surface area contributed by atoms with Gasteiger partial charge in [-0.2, -0.15) is 0 Å². The van der Waals surface area contributed by atoms with Gasteiger partial charge in [-0.05, 0) is 29.5 Å². The molecule has 2 nitrogen and oxygen atoms in total. The maximum absolute atomic E-state index is 4.62. The van der Waals surface area contributed by atoms with E-state index in [2.05, 4.69) is 71.8 Å². The minimum atomic E-state index is 0.681. The van der Waals surface area contributed by atoms with Gasteiger partial charge >= 0.3 is 0 Å². The maximum atomic E-state index is 4.62. The normalized spacial score (nSPS) is 18.1. The lowest BCUT2D eigenvalue weighted by Crippen LogP contribution is -2.19. The number of benzene rings is 2. The lowest BCUT2D eigenvalue weighted by molar-refractivity contribution is 0.674. The van der Waals surface area contributed by atoms with Gasteiger partial charge in [0.25, 0.3) is 0 Å². The third-order valence-electron chi connectivity index (χ3n) is 3.55. The summed E-state index contributed by atoms with van der Waals surface area (Å²) in [5.41, 5.74) is 3.81. The Morgan fingerprint density at radius 3 is 2.62 bits per heavy atom. The Morgan fingerprint density at radius 2 is 1.86 bits per heavy atom. The summed E-state index contributed by atoms with van der Waals surface area (Å²) in [5, 5.41) is 4.55. The second kappa shape index (κ2) is 6.81. The van der Waals surface area contributed by atoms with Crippen LogP contribution in [0.5, 0.6) is 0 Å². The standard InChI is InChI=1S/C18H20N2S/c1-14-12-19-18(21-13-14)20-17-10-6-5-9-16(17)11-15-7-3-2-4-8-15/h2-10,14H,11-13H2,1H3,(H,19,20). The number of thioether (sulfide) groups is 1. The molecule has 108 valence electrons. The van der Waals surface area contributed by atoms with Gasteiger partial charge in [-0.1, -0.05) is 67.2 Å². The zero-order valence-electron chi connectivity index (χ0n) is 12.3. The number of amidine groups is 1. The van der Waals surface area contributed by atoms with Crippen LogP contribution in [0.3, 0.4) is 0 Å². The van der Waals surface area contributed by atoms with Gasteiger partial charge < -0.3 is 5.32 Å². The van der Waals surface area contributed by atoms with Crippen LogP contribution in [0.2, 0.25) is 0 Å². The van der Waals surface area contributed by atoms with Gasteiger partial charge in [0.15, 0.2) is 5.17 Å². The monoisotopic (exact) mass is 296 g/mol. The summed E-state index contributed by atoms with van der Waals surface area (Å²) in [6.07, 6.45) is 0.943. The molecule has 1 unspecified atom stereocenters. The smallest absolute Gasteiger partial charge is 0.161 e. The van der Waals surface area contributed by atoms with Crippen molar-refractivity contribution in [1.82, 2.24) is 0 Å². The molecule has 3 rings (SSSR count). The molecule has 1 aliphatic rings. The third kappa shape index (κ3) is 3.88. The first-order valence-corrected chi connectivity index (χ1v) is 8.36. The molecule has 0 saturated heterocycles. The van der Waals surface area contributed by atoms with Crippen LogP contribution in [0.15, 0.2) is 59.6 Å². The molecule has 0 aromatic heterocycles. The predicted octanol–water partition coefficient (Wildman–Crippen LogP) is 4.43. The fourth-order valence-electron chi connectivity index (χ4n) is 2.36. The molecular weight excluding hydrogens is 276 g/mol. The number of nitrogens with zero attached hydrogens (tertiary/aromatic N) is 1. The second-order valence-electron chi connectivity index (χ2n) is 5.51. The number of aliphatic imine (C=N–C) groups is 1. The zero-order chi connectivity index (χ0) is 14.5. The van der Waals surface area contributed by atoms with E-state index in [1.54, 1.807) is 0 Å². The van der Waals surface area contributed by atoms with Gasteiger partial charge in [0.2, 0.25) is 0 Å². The fourth-order valence-corrected chi connectivity index (χ4v) is 3.26. The summed E-state index contributed by atoms with van der Waals surface area (Å²) in [7, 11) is 0. The SMILES string of the molecule is CC1CN=C(Nc2ccccc2Cc2ccccc2)SC1. The van der Waals surface area contributed by atoms with E-state index < -0.39 is 0 Å². The molecule has 0 radical (unpaired) electrons. The fraction of sp³-hybridized carbons (Fsp3) is 0.278. The summed E-state index contributed by atoms with van der Waals surface area (Å²) in [4.78, 5) is 4.62. The van der Waals surface area contributed by atoms with Gasteiger partial charge in [0, 0.05) is 18.0 Å².